The van der Waals surface area contributed by atoms with Crippen molar-refractivity contribution in [1.29, 1.82) is 0 Å². The van der Waals surface area contributed by atoms with Crippen molar-refractivity contribution < 1.29 is 26.4 Å². The van der Waals surface area contributed by atoms with Crippen molar-refractivity contribution >= 4 is 33.0 Å². The van der Waals surface area contributed by atoms with Crippen molar-refractivity contribution in [2.24, 2.45) is 0 Å². The fourth-order valence-electron chi connectivity index (χ4n) is 4.76. The topological polar surface area (TPSA) is 75.3 Å². The lowest BCUT2D eigenvalue weighted by atomic mass is 9.93. The van der Waals surface area contributed by atoms with Gasteiger partial charge in [-0.05, 0) is 89.4 Å². The van der Waals surface area contributed by atoms with Gasteiger partial charge >= 0.3 is 6.18 Å². The standard InChI is InChI=1S/C28H23F3N2O3S2/c1-17-5-2-8-24(26(17)19-6-3-7-21(13-19)28(29,30)31)27(34)32-22-11-10-18-14-23(16-20(18)15-22)33-38(35,36)25-9-4-12-37-25/h2-13,15,23,33H,14,16H2,1H3,(H,32,34). The molecule has 1 heterocycles. The van der Waals surface area contributed by atoms with Crippen molar-refractivity contribution in [1.82, 2.24) is 4.72 Å². The minimum absolute atomic E-state index is 0.256. The van der Waals surface area contributed by atoms with E-state index < -0.39 is 27.7 Å². The minimum Gasteiger partial charge on any atom is -0.322 e. The Morgan fingerprint density at radius 1 is 0.947 bits per heavy atom. The molecule has 196 valence electrons. The number of alkyl halides is 3. The molecule has 0 saturated carbocycles. The van der Waals surface area contributed by atoms with Crippen LogP contribution in [0.5, 0.6) is 0 Å². The summed E-state index contributed by atoms with van der Waals surface area (Å²) >= 11 is 1.15. The zero-order valence-corrected chi connectivity index (χ0v) is 21.8. The maximum absolute atomic E-state index is 13.3. The second-order valence-corrected chi connectivity index (χ2v) is 12.1. The zero-order chi connectivity index (χ0) is 27.1. The van der Waals surface area contributed by atoms with Gasteiger partial charge in [-0.2, -0.15) is 13.2 Å². The summed E-state index contributed by atoms with van der Waals surface area (Å²) < 4.78 is 68.2. The van der Waals surface area contributed by atoms with Gasteiger partial charge in [-0.3, -0.25) is 4.79 Å². The molecule has 0 radical (unpaired) electrons. The summed E-state index contributed by atoms with van der Waals surface area (Å²) in [6, 6.07) is 18.3. The van der Waals surface area contributed by atoms with Gasteiger partial charge in [0.25, 0.3) is 5.91 Å². The van der Waals surface area contributed by atoms with Crippen molar-refractivity contribution in [2.75, 3.05) is 5.32 Å². The molecular formula is C28H23F3N2O3S2. The van der Waals surface area contributed by atoms with Gasteiger partial charge in [0.1, 0.15) is 4.21 Å². The van der Waals surface area contributed by atoms with E-state index >= 15 is 0 Å². The van der Waals surface area contributed by atoms with Gasteiger partial charge in [0, 0.05) is 17.3 Å². The average molecular weight is 557 g/mol. The highest BCUT2D eigenvalue weighted by atomic mass is 32.2. The number of amides is 1. The third kappa shape index (κ3) is 5.38. The maximum atomic E-state index is 13.3. The highest BCUT2D eigenvalue weighted by Crippen LogP contribution is 2.35. The number of carbonyl (C=O) groups excluding carboxylic acids is 1. The van der Waals surface area contributed by atoms with Crippen molar-refractivity contribution in [3.8, 4) is 11.1 Å². The fraction of sp³-hybridized carbons (Fsp3) is 0.179. The van der Waals surface area contributed by atoms with Crippen LogP contribution >= 0.6 is 11.3 Å². The van der Waals surface area contributed by atoms with Crippen LogP contribution in [0.3, 0.4) is 0 Å². The Hall–Kier alpha value is -3.47. The number of aryl methyl sites for hydroxylation is 1. The van der Waals surface area contributed by atoms with Gasteiger partial charge in [0.15, 0.2) is 0 Å². The number of rotatable bonds is 6. The van der Waals surface area contributed by atoms with Crippen LogP contribution in [0.2, 0.25) is 0 Å². The Labute approximate surface area is 222 Å². The first-order valence-corrected chi connectivity index (χ1v) is 14.1. The summed E-state index contributed by atoms with van der Waals surface area (Å²) in [5.74, 6) is -0.450. The number of benzene rings is 3. The predicted molar refractivity (Wildman–Crippen MR) is 142 cm³/mol. The average Bonchev–Trinajstić information content (AvgIpc) is 3.53. The molecule has 1 amide bonds. The highest BCUT2D eigenvalue weighted by Gasteiger charge is 2.31. The van der Waals surface area contributed by atoms with Crippen molar-refractivity contribution in [2.45, 2.75) is 36.2 Å². The lowest BCUT2D eigenvalue weighted by molar-refractivity contribution is -0.137. The van der Waals surface area contributed by atoms with Crippen molar-refractivity contribution in [3.63, 3.8) is 0 Å². The molecule has 2 N–H and O–H groups in total. The number of fused-ring (bicyclic) bond motifs is 1. The molecule has 38 heavy (non-hydrogen) atoms. The Balaban J connectivity index is 1.36. The summed E-state index contributed by atoms with van der Waals surface area (Å²) in [5, 5.41) is 4.57. The molecular weight excluding hydrogens is 533 g/mol. The summed E-state index contributed by atoms with van der Waals surface area (Å²) in [6.07, 6.45) is -3.49. The van der Waals surface area contributed by atoms with E-state index in [9.17, 15) is 26.4 Å². The van der Waals surface area contributed by atoms with Gasteiger partial charge < -0.3 is 5.32 Å². The Kier molecular flexibility index (Phi) is 6.89. The monoisotopic (exact) mass is 556 g/mol. The van der Waals surface area contributed by atoms with Gasteiger partial charge in [-0.15, -0.1) is 11.3 Å². The molecule has 1 aromatic heterocycles. The lowest BCUT2D eigenvalue weighted by Crippen LogP contribution is -2.34. The van der Waals surface area contributed by atoms with Gasteiger partial charge in [-0.1, -0.05) is 36.4 Å². The first-order valence-electron chi connectivity index (χ1n) is 11.8. The van der Waals surface area contributed by atoms with E-state index in [1.54, 1.807) is 54.8 Å². The summed E-state index contributed by atoms with van der Waals surface area (Å²) in [7, 11) is -3.60. The number of thiophene rings is 1. The number of sulfonamides is 1. The van der Waals surface area contributed by atoms with E-state index in [0.29, 0.717) is 35.2 Å². The second kappa shape index (κ2) is 10.0. The number of anilines is 1. The molecule has 1 unspecified atom stereocenters. The van der Waals surface area contributed by atoms with Crippen LogP contribution in [0.1, 0.15) is 32.6 Å². The molecule has 0 spiro atoms. The number of hydrogen-bond donors (Lipinski definition) is 2. The molecule has 5 nitrogen and oxygen atoms in total. The molecule has 0 aliphatic heterocycles. The Bertz CT molecular complexity index is 1610. The largest absolute Gasteiger partial charge is 0.416 e. The predicted octanol–water partition coefficient (Wildman–Crippen LogP) is 6.44. The quantitative estimate of drug-likeness (QED) is 0.287. The van der Waals surface area contributed by atoms with E-state index in [1.807, 2.05) is 12.1 Å². The van der Waals surface area contributed by atoms with Crippen LogP contribution in [0.4, 0.5) is 18.9 Å². The molecule has 0 saturated heterocycles. The van der Waals surface area contributed by atoms with Crippen LogP contribution in [0.25, 0.3) is 11.1 Å². The normalized spacial score (nSPS) is 15.3. The van der Waals surface area contributed by atoms with E-state index in [-0.39, 0.29) is 15.8 Å². The fourth-order valence-corrected chi connectivity index (χ4v) is 7.01. The third-order valence-corrected chi connectivity index (χ3v) is 9.39. The first-order chi connectivity index (χ1) is 18.0. The number of nitrogens with one attached hydrogen (secondary N) is 2. The summed E-state index contributed by atoms with van der Waals surface area (Å²) in [5.41, 5.74) is 3.31. The van der Waals surface area contributed by atoms with Crippen LogP contribution in [0, 0.1) is 6.92 Å². The van der Waals surface area contributed by atoms with Crippen LogP contribution in [-0.4, -0.2) is 20.4 Å². The van der Waals surface area contributed by atoms with E-state index in [0.717, 1.165) is 34.6 Å². The Morgan fingerprint density at radius 2 is 1.71 bits per heavy atom. The molecule has 1 atom stereocenters. The molecule has 5 rings (SSSR count). The molecule has 10 heteroatoms. The van der Waals surface area contributed by atoms with Gasteiger partial charge in [0.05, 0.1) is 5.56 Å². The van der Waals surface area contributed by atoms with Gasteiger partial charge in [-0.25, -0.2) is 13.1 Å². The van der Waals surface area contributed by atoms with Crippen molar-refractivity contribution in [3.05, 3.63) is 106 Å². The van der Waals surface area contributed by atoms with E-state index in [4.69, 9.17) is 0 Å². The van der Waals surface area contributed by atoms with Gasteiger partial charge in [0.2, 0.25) is 10.0 Å². The smallest absolute Gasteiger partial charge is 0.322 e. The molecule has 3 aromatic carbocycles. The molecule has 1 aliphatic rings. The maximum Gasteiger partial charge on any atom is 0.416 e. The number of carbonyl (C=O) groups is 1. The molecule has 0 bridgehead atoms. The number of hydrogen-bond acceptors (Lipinski definition) is 4. The summed E-state index contributed by atoms with van der Waals surface area (Å²) in [6.45, 7) is 1.75. The second-order valence-electron chi connectivity index (χ2n) is 9.17. The number of halogens is 3. The molecule has 1 aliphatic carbocycles. The highest BCUT2D eigenvalue weighted by molar-refractivity contribution is 7.91. The minimum atomic E-state index is -4.50. The third-order valence-electron chi connectivity index (χ3n) is 6.47. The van der Waals surface area contributed by atoms with Crippen LogP contribution in [-0.2, 0) is 29.0 Å². The van der Waals surface area contributed by atoms with E-state index in [2.05, 4.69) is 10.0 Å². The molecule has 0 fully saturated rings. The zero-order valence-electron chi connectivity index (χ0n) is 20.2. The summed E-state index contributed by atoms with van der Waals surface area (Å²) in [4.78, 5) is 13.3. The Morgan fingerprint density at radius 3 is 2.45 bits per heavy atom. The SMILES string of the molecule is Cc1cccc(C(=O)Nc2ccc3c(c2)CC(NS(=O)(=O)c2cccs2)C3)c1-c1cccc(C(F)(F)F)c1. The van der Waals surface area contributed by atoms with Crippen LogP contribution < -0.4 is 10.0 Å². The van der Waals surface area contributed by atoms with E-state index in [1.165, 1.54) is 6.07 Å². The lowest BCUT2D eigenvalue weighted by Gasteiger charge is -2.15. The molecule has 4 aromatic rings. The first kappa shape index (κ1) is 26.1. The van der Waals surface area contributed by atoms with Crippen LogP contribution in [0.15, 0.2) is 82.4 Å².